The van der Waals surface area contributed by atoms with Gasteiger partial charge in [-0.1, -0.05) is 103 Å². The molecule has 0 saturated carbocycles. The van der Waals surface area contributed by atoms with Gasteiger partial charge in [0.05, 0.1) is 29.1 Å². The third-order valence-corrected chi connectivity index (χ3v) is 9.90. The second-order valence-corrected chi connectivity index (χ2v) is 13.1. The summed E-state index contributed by atoms with van der Waals surface area (Å²) < 4.78 is 2.01. The molecule has 0 spiro atoms. The maximum atomic E-state index is 5.41. The van der Waals surface area contributed by atoms with Crippen LogP contribution in [0.25, 0.3) is 96.6 Å². The van der Waals surface area contributed by atoms with Crippen molar-refractivity contribution in [2.45, 2.75) is 0 Å². The van der Waals surface area contributed by atoms with Crippen molar-refractivity contribution in [3.63, 3.8) is 0 Å². The number of hydrogen-bond donors (Lipinski definition) is 2. The Balaban J connectivity index is 1.35. The number of nitrogens with one attached hydrogen (secondary N) is 2. The molecule has 2 aliphatic heterocycles. The lowest BCUT2D eigenvalue weighted by atomic mass is 10.0. The van der Waals surface area contributed by atoms with Crippen molar-refractivity contribution in [3.8, 4) is 50.2 Å². The summed E-state index contributed by atoms with van der Waals surface area (Å²) in [4.78, 5) is 22.7. The molecular formula is C47H32N6. The number of hydrogen-bond acceptors (Lipinski definition) is 3. The lowest BCUT2D eigenvalue weighted by Crippen LogP contribution is -1.91. The van der Waals surface area contributed by atoms with Crippen LogP contribution in [-0.4, -0.2) is 29.5 Å². The number of rotatable bonds is 5. The monoisotopic (exact) mass is 680 g/mol. The summed E-state index contributed by atoms with van der Waals surface area (Å²) in [6.45, 7) is 0. The van der Waals surface area contributed by atoms with Gasteiger partial charge in [0, 0.05) is 62.4 Å². The minimum Gasteiger partial charge on any atom is -0.354 e. The zero-order chi connectivity index (χ0) is 35.1. The smallest absolute Gasteiger partial charge is 0.0991 e. The first-order valence-electron chi connectivity index (χ1n) is 17.7. The highest BCUT2D eigenvalue weighted by Gasteiger charge is 2.19. The number of H-pyrrole nitrogens is 2. The standard InChI is InChI=1S/C47H32N6/c1-4-10-31(11-5-1)44-36-20-22-38(49-36)45(32-12-6-2-7-13-32)40-24-26-42(51-40)47(34-16-18-35(19-17-34)53-29-28-48-30-53)43-27-25-41(52-43)46(33-14-8-3-9-15-33)39-23-21-37(44)50-39/h1-30,49,52H. The van der Waals surface area contributed by atoms with Crippen molar-refractivity contribution in [2.24, 2.45) is 0 Å². The van der Waals surface area contributed by atoms with E-state index in [2.05, 4.69) is 161 Å². The van der Waals surface area contributed by atoms with Gasteiger partial charge in [-0.3, -0.25) is 0 Å². The summed E-state index contributed by atoms with van der Waals surface area (Å²) in [5.41, 5.74) is 16.9. The maximum absolute atomic E-state index is 5.41. The Morgan fingerprint density at radius 2 is 0.736 bits per heavy atom. The molecule has 4 aromatic carbocycles. The van der Waals surface area contributed by atoms with Crippen LogP contribution in [0.1, 0.15) is 22.8 Å². The Bertz CT molecular complexity index is 2810. The third kappa shape index (κ3) is 5.50. The molecule has 6 heteroatoms. The molecule has 10 rings (SSSR count). The zero-order valence-electron chi connectivity index (χ0n) is 28.6. The molecule has 6 heterocycles. The second-order valence-electron chi connectivity index (χ2n) is 13.1. The molecule has 2 N–H and O–H groups in total. The summed E-state index contributed by atoms with van der Waals surface area (Å²) in [5, 5.41) is 0. The third-order valence-electron chi connectivity index (χ3n) is 9.90. The lowest BCUT2D eigenvalue weighted by Gasteiger charge is -2.08. The molecule has 53 heavy (non-hydrogen) atoms. The van der Waals surface area contributed by atoms with E-state index in [-0.39, 0.29) is 0 Å². The highest BCUT2D eigenvalue weighted by molar-refractivity contribution is 5.99. The lowest BCUT2D eigenvalue weighted by molar-refractivity contribution is 1.06. The Hall–Kier alpha value is -7.31. The van der Waals surface area contributed by atoms with Crippen LogP contribution in [0.4, 0.5) is 0 Å². The summed E-state index contributed by atoms with van der Waals surface area (Å²) >= 11 is 0. The largest absolute Gasteiger partial charge is 0.354 e. The fraction of sp³-hybridized carbons (Fsp3) is 0. The second kappa shape index (κ2) is 12.8. The number of aromatic nitrogens is 6. The molecule has 6 nitrogen and oxygen atoms in total. The molecule has 8 aromatic rings. The van der Waals surface area contributed by atoms with Crippen LogP contribution >= 0.6 is 0 Å². The summed E-state index contributed by atoms with van der Waals surface area (Å²) in [7, 11) is 0. The molecule has 0 saturated heterocycles. The number of imidazole rings is 1. The molecule has 0 fully saturated rings. The molecule has 0 radical (unpaired) electrons. The van der Waals surface area contributed by atoms with E-state index >= 15 is 0 Å². The van der Waals surface area contributed by atoms with Gasteiger partial charge in [0.1, 0.15) is 0 Å². The average Bonchev–Trinajstić information content (AvgIpc) is 4.07. The van der Waals surface area contributed by atoms with Crippen LogP contribution in [0.2, 0.25) is 0 Å². The summed E-state index contributed by atoms with van der Waals surface area (Å²) in [6.07, 6.45) is 14.1. The van der Waals surface area contributed by atoms with Crippen LogP contribution in [0.15, 0.2) is 158 Å². The topological polar surface area (TPSA) is 75.2 Å². The predicted molar refractivity (Wildman–Crippen MR) is 218 cm³/mol. The normalized spacial score (nSPS) is 12.0. The van der Waals surface area contributed by atoms with Gasteiger partial charge < -0.3 is 14.5 Å². The van der Waals surface area contributed by atoms with Crippen LogP contribution in [0.3, 0.4) is 0 Å². The average molecular weight is 681 g/mol. The molecule has 0 unspecified atom stereocenters. The number of aromatic amines is 2. The van der Waals surface area contributed by atoms with Crippen molar-refractivity contribution in [2.75, 3.05) is 0 Å². The minimum absolute atomic E-state index is 0.877. The van der Waals surface area contributed by atoms with E-state index in [1.54, 1.807) is 6.20 Å². The Morgan fingerprint density at radius 3 is 1.08 bits per heavy atom. The van der Waals surface area contributed by atoms with E-state index in [4.69, 9.17) is 9.97 Å². The van der Waals surface area contributed by atoms with Gasteiger partial charge >= 0.3 is 0 Å². The van der Waals surface area contributed by atoms with Crippen LogP contribution < -0.4 is 0 Å². The van der Waals surface area contributed by atoms with Gasteiger partial charge in [0.2, 0.25) is 0 Å². The first-order valence-corrected chi connectivity index (χ1v) is 17.7. The van der Waals surface area contributed by atoms with Gasteiger partial charge in [-0.2, -0.15) is 0 Å². The molecular weight excluding hydrogens is 649 g/mol. The summed E-state index contributed by atoms with van der Waals surface area (Å²) in [5.74, 6) is 0. The molecule has 250 valence electrons. The quantitative estimate of drug-likeness (QED) is 0.190. The molecule has 0 amide bonds. The van der Waals surface area contributed by atoms with Crippen molar-refractivity contribution in [3.05, 3.63) is 181 Å². The van der Waals surface area contributed by atoms with Crippen molar-refractivity contribution >= 4 is 46.4 Å². The van der Waals surface area contributed by atoms with Crippen molar-refractivity contribution in [1.29, 1.82) is 0 Å². The molecule has 4 aromatic heterocycles. The number of nitrogens with zero attached hydrogens (tertiary/aromatic N) is 4. The van der Waals surface area contributed by atoms with E-state index in [0.717, 1.165) is 95.0 Å². The predicted octanol–water partition coefficient (Wildman–Crippen LogP) is 11.5. The van der Waals surface area contributed by atoms with Crippen molar-refractivity contribution < 1.29 is 0 Å². The molecule has 0 aliphatic carbocycles. The highest BCUT2D eigenvalue weighted by atomic mass is 15.0. The number of fused-ring (bicyclic) bond motifs is 8. The van der Waals surface area contributed by atoms with Crippen LogP contribution in [-0.2, 0) is 0 Å². The van der Waals surface area contributed by atoms with Gasteiger partial charge in [-0.05, 0) is 83.0 Å². The Labute approximate surface area is 306 Å². The Morgan fingerprint density at radius 1 is 0.377 bits per heavy atom. The van der Waals surface area contributed by atoms with Gasteiger partial charge in [-0.25, -0.2) is 15.0 Å². The molecule has 0 atom stereocenters. The fourth-order valence-electron chi connectivity index (χ4n) is 7.45. The fourth-order valence-corrected chi connectivity index (χ4v) is 7.45. The number of benzene rings is 4. The minimum atomic E-state index is 0.877. The van der Waals surface area contributed by atoms with E-state index < -0.39 is 0 Å². The van der Waals surface area contributed by atoms with Gasteiger partial charge in [-0.15, -0.1) is 0 Å². The van der Waals surface area contributed by atoms with Crippen molar-refractivity contribution in [1.82, 2.24) is 29.5 Å². The SMILES string of the molecule is C1=Cc2nc1c(-c1ccccc1)c1ccc([nH]1)c(-c1ccccc1)c1nc(c(-c3ccc(-n4ccnc4)cc3)c3ccc([nH]3)c2-c2ccccc2)C=C1. The first-order chi connectivity index (χ1) is 26.3. The van der Waals surface area contributed by atoms with Gasteiger partial charge in [0.25, 0.3) is 0 Å². The molecule has 8 bridgehead atoms. The van der Waals surface area contributed by atoms with E-state index in [1.165, 1.54) is 0 Å². The summed E-state index contributed by atoms with van der Waals surface area (Å²) in [6, 6.07) is 48.7. The van der Waals surface area contributed by atoms with E-state index in [1.807, 2.05) is 35.3 Å². The van der Waals surface area contributed by atoms with Crippen LogP contribution in [0.5, 0.6) is 0 Å². The zero-order valence-corrected chi connectivity index (χ0v) is 28.6. The maximum Gasteiger partial charge on any atom is 0.0991 e. The van der Waals surface area contributed by atoms with Gasteiger partial charge in [0.15, 0.2) is 0 Å². The van der Waals surface area contributed by atoms with Crippen LogP contribution in [0, 0.1) is 0 Å². The first kappa shape index (κ1) is 30.5. The Kier molecular flexibility index (Phi) is 7.36. The van der Waals surface area contributed by atoms with E-state index in [9.17, 15) is 0 Å². The molecule has 2 aliphatic rings. The van der Waals surface area contributed by atoms with E-state index in [0.29, 0.717) is 0 Å². The highest BCUT2D eigenvalue weighted by Crippen LogP contribution is 2.38.